The molecule has 0 saturated heterocycles. The first-order valence-corrected chi connectivity index (χ1v) is 8.75. The first-order valence-electron chi connectivity index (χ1n) is 7.55. The van der Waals surface area contributed by atoms with E-state index in [0.717, 1.165) is 4.47 Å². The molecule has 1 aliphatic heterocycles. The van der Waals surface area contributed by atoms with E-state index in [1.54, 1.807) is 37.3 Å². The van der Waals surface area contributed by atoms with Crippen molar-refractivity contribution in [1.82, 2.24) is 10.6 Å². The molecule has 1 heterocycles. The molecule has 7 heteroatoms. The van der Waals surface area contributed by atoms with Gasteiger partial charge in [-0.2, -0.15) is 0 Å². The molecule has 0 saturated carbocycles. The number of benzene rings is 2. The molecule has 0 aliphatic carbocycles. The quantitative estimate of drug-likeness (QED) is 0.657. The van der Waals surface area contributed by atoms with Crippen LogP contribution in [0.2, 0.25) is 0 Å². The van der Waals surface area contributed by atoms with Crippen LogP contribution in [0.25, 0.3) is 0 Å². The van der Waals surface area contributed by atoms with Gasteiger partial charge in [0.25, 0.3) is 5.91 Å². The Hall–Kier alpha value is -2.25. The van der Waals surface area contributed by atoms with Crippen LogP contribution in [0.1, 0.15) is 18.5 Å². The maximum Gasteiger partial charge on any atom is 0.255 e. The summed E-state index contributed by atoms with van der Waals surface area (Å²) in [7, 11) is 0. The van der Waals surface area contributed by atoms with Crippen molar-refractivity contribution in [3.63, 3.8) is 0 Å². The predicted molar refractivity (Wildman–Crippen MR) is 103 cm³/mol. The van der Waals surface area contributed by atoms with Gasteiger partial charge in [-0.25, -0.2) is 4.39 Å². The van der Waals surface area contributed by atoms with Crippen LogP contribution in [0.5, 0.6) is 0 Å². The van der Waals surface area contributed by atoms with Crippen molar-refractivity contribution >= 4 is 44.9 Å². The fourth-order valence-electron chi connectivity index (χ4n) is 2.67. The number of hydrogen-bond donors (Lipinski definition) is 3. The lowest BCUT2D eigenvalue weighted by atomic mass is 9.94. The summed E-state index contributed by atoms with van der Waals surface area (Å²) in [5.41, 5.74) is 1.99. The van der Waals surface area contributed by atoms with Crippen LogP contribution in [0.15, 0.2) is 64.3 Å². The molecular formula is C18H15BrFN3OS. The van der Waals surface area contributed by atoms with Gasteiger partial charge in [-0.1, -0.05) is 34.1 Å². The number of anilines is 1. The zero-order chi connectivity index (χ0) is 18.0. The van der Waals surface area contributed by atoms with E-state index in [1.165, 1.54) is 6.07 Å². The minimum absolute atomic E-state index is 0.324. The third kappa shape index (κ3) is 3.88. The number of thiocarbonyl (C=S) groups is 1. The van der Waals surface area contributed by atoms with Gasteiger partial charge in [0, 0.05) is 21.4 Å². The second-order valence-electron chi connectivity index (χ2n) is 5.55. The van der Waals surface area contributed by atoms with E-state index < -0.39 is 11.9 Å². The Kier molecular flexibility index (Phi) is 5.15. The molecule has 0 fully saturated rings. The van der Waals surface area contributed by atoms with Gasteiger partial charge in [-0.3, -0.25) is 4.79 Å². The van der Waals surface area contributed by atoms with Crippen LogP contribution in [-0.2, 0) is 4.79 Å². The van der Waals surface area contributed by atoms with Gasteiger partial charge in [-0.05, 0) is 49.5 Å². The molecule has 0 spiro atoms. The molecule has 1 amide bonds. The van der Waals surface area contributed by atoms with Crippen LogP contribution in [-0.4, -0.2) is 11.0 Å². The molecule has 2 aromatic rings. The highest BCUT2D eigenvalue weighted by atomic mass is 79.9. The smallest absolute Gasteiger partial charge is 0.255 e. The molecule has 2 aromatic carbocycles. The number of carbonyl (C=O) groups is 1. The SMILES string of the molecule is CC1=C(C(=O)Nc2ccc(Br)cc2)[C@@H](c2ccccc2F)NC(=S)N1. The van der Waals surface area contributed by atoms with Gasteiger partial charge in [0.15, 0.2) is 5.11 Å². The van der Waals surface area contributed by atoms with Crippen molar-refractivity contribution in [3.8, 4) is 0 Å². The van der Waals surface area contributed by atoms with Crippen LogP contribution >= 0.6 is 28.1 Å². The predicted octanol–water partition coefficient (Wildman–Crippen LogP) is 4.02. The number of carbonyl (C=O) groups excluding carboxylic acids is 1. The summed E-state index contributed by atoms with van der Waals surface area (Å²) < 4.78 is 15.2. The van der Waals surface area contributed by atoms with Gasteiger partial charge < -0.3 is 16.0 Å². The average molecular weight is 420 g/mol. The Balaban J connectivity index is 1.96. The standard InChI is InChI=1S/C18H15BrFN3OS/c1-10-15(17(24)22-12-8-6-11(19)7-9-12)16(23-18(25)21-10)13-4-2-3-5-14(13)20/h2-9,16H,1H3,(H,22,24)(H2,21,23,25)/t16-/m1/s1. The Morgan fingerprint density at radius 1 is 1.20 bits per heavy atom. The van der Waals surface area contributed by atoms with E-state index in [1.807, 2.05) is 12.1 Å². The highest BCUT2D eigenvalue weighted by Gasteiger charge is 2.31. The summed E-state index contributed by atoms with van der Waals surface area (Å²) in [6, 6.07) is 12.9. The topological polar surface area (TPSA) is 53.2 Å². The first-order chi connectivity index (χ1) is 12.0. The van der Waals surface area contributed by atoms with E-state index in [2.05, 4.69) is 31.9 Å². The average Bonchev–Trinajstić information content (AvgIpc) is 2.56. The van der Waals surface area contributed by atoms with E-state index in [4.69, 9.17) is 12.2 Å². The maximum atomic E-state index is 14.3. The van der Waals surface area contributed by atoms with Crippen molar-refractivity contribution in [2.75, 3.05) is 5.32 Å². The normalized spacial score (nSPS) is 16.9. The van der Waals surface area contributed by atoms with Gasteiger partial charge >= 0.3 is 0 Å². The Morgan fingerprint density at radius 2 is 1.88 bits per heavy atom. The molecule has 1 atom stereocenters. The number of nitrogens with one attached hydrogen (secondary N) is 3. The summed E-state index contributed by atoms with van der Waals surface area (Å²) in [6.07, 6.45) is 0. The molecule has 0 radical (unpaired) electrons. The van der Waals surface area contributed by atoms with Crippen LogP contribution in [0.3, 0.4) is 0 Å². The molecule has 25 heavy (non-hydrogen) atoms. The molecule has 3 rings (SSSR count). The molecule has 0 unspecified atom stereocenters. The second-order valence-corrected chi connectivity index (χ2v) is 6.88. The fraction of sp³-hybridized carbons (Fsp3) is 0.111. The molecule has 3 N–H and O–H groups in total. The highest BCUT2D eigenvalue weighted by Crippen LogP contribution is 2.29. The minimum Gasteiger partial charge on any atom is -0.351 e. The lowest BCUT2D eigenvalue weighted by Crippen LogP contribution is -2.46. The van der Waals surface area contributed by atoms with Crippen molar-refractivity contribution in [1.29, 1.82) is 0 Å². The second kappa shape index (κ2) is 7.33. The molecule has 1 aliphatic rings. The molecule has 128 valence electrons. The Labute approximate surface area is 158 Å². The maximum absolute atomic E-state index is 14.3. The summed E-state index contributed by atoms with van der Waals surface area (Å²) >= 11 is 8.53. The van der Waals surface area contributed by atoms with Gasteiger partial charge in [0.05, 0.1) is 11.6 Å². The Bertz CT molecular complexity index is 867. The van der Waals surface area contributed by atoms with Crippen LogP contribution in [0.4, 0.5) is 10.1 Å². The van der Waals surface area contributed by atoms with E-state index in [9.17, 15) is 9.18 Å². The highest BCUT2D eigenvalue weighted by molar-refractivity contribution is 9.10. The molecule has 4 nitrogen and oxygen atoms in total. The number of rotatable bonds is 3. The summed E-state index contributed by atoms with van der Waals surface area (Å²) in [5, 5.41) is 9.11. The number of halogens is 2. The first kappa shape index (κ1) is 17.6. The van der Waals surface area contributed by atoms with Gasteiger partial charge in [0.1, 0.15) is 5.82 Å². The lowest BCUT2D eigenvalue weighted by molar-refractivity contribution is -0.113. The van der Waals surface area contributed by atoms with E-state index in [0.29, 0.717) is 27.6 Å². The zero-order valence-electron chi connectivity index (χ0n) is 13.3. The fourth-order valence-corrected chi connectivity index (χ4v) is 3.20. The van der Waals surface area contributed by atoms with Gasteiger partial charge in [-0.15, -0.1) is 0 Å². The van der Waals surface area contributed by atoms with Crippen molar-refractivity contribution < 1.29 is 9.18 Å². The molecular weight excluding hydrogens is 405 g/mol. The van der Waals surface area contributed by atoms with Gasteiger partial charge in [0.2, 0.25) is 0 Å². The third-order valence-electron chi connectivity index (χ3n) is 3.83. The summed E-state index contributed by atoms with van der Waals surface area (Å²) in [4.78, 5) is 12.8. The van der Waals surface area contributed by atoms with Crippen molar-refractivity contribution in [3.05, 3.63) is 75.7 Å². The molecule has 0 aromatic heterocycles. The lowest BCUT2D eigenvalue weighted by Gasteiger charge is -2.30. The largest absolute Gasteiger partial charge is 0.351 e. The number of hydrogen-bond acceptors (Lipinski definition) is 2. The minimum atomic E-state index is -0.662. The number of amides is 1. The third-order valence-corrected chi connectivity index (χ3v) is 4.58. The Morgan fingerprint density at radius 3 is 2.56 bits per heavy atom. The number of allylic oxidation sites excluding steroid dienone is 1. The van der Waals surface area contributed by atoms with Crippen LogP contribution in [0, 0.1) is 5.82 Å². The van der Waals surface area contributed by atoms with Crippen molar-refractivity contribution in [2.45, 2.75) is 13.0 Å². The summed E-state index contributed by atoms with van der Waals surface area (Å²) in [6.45, 7) is 1.75. The van der Waals surface area contributed by atoms with E-state index in [-0.39, 0.29) is 5.91 Å². The zero-order valence-corrected chi connectivity index (χ0v) is 15.7. The van der Waals surface area contributed by atoms with Crippen molar-refractivity contribution in [2.24, 2.45) is 0 Å². The monoisotopic (exact) mass is 419 g/mol. The summed E-state index contributed by atoms with van der Waals surface area (Å²) in [5.74, 6) is -0.720. The molecule has 0 bridgehead atoms. The van der Waals surface area contributed by atoms with Crippen LogP contribution < -0.4 is 16.0 Å². The van der Waals surface area contributed by atoms with E-state index >= 15 is 0 Å².